The fourth-order valence-electron chi connectivity index (χ4n) is 2.54. The quantitative estimate of drug-likeness (QED) is 0.735. The predicted molar refractivity (Wildman–Crippen MR) is 64.5 cm³/mol. The van der Waals surface area contributed by atoms with Crippen LogP contribution in [0.5, 0.6) is 0 Å². The number of hydrogen-bond donors (Lipinski definition) is 0. The average Bonchev–Trinajstić information content (AvgIpc) is 2.77. The van der Waals surface area contributed by atoms with Crippen molar-refractivity contribution in [2.45, 2.75) is 44.1 Å². The molecule has 2 fully saturated rings. The fourth-order valence-corrected chi connectivity index (χ4v) is 3.27. The lowest BCUT2D eigenvalue weighted by atomic mass is 10.00. The summed E-state index contributed by atoms with van der Waals surface area (Å²) in [5, 5.41) is 1.00. The lowest BCUT2D eigenvalue weighted by molar-refractivity contribution is -0.0578. The minimum absolute atomic E-state index is 0.165. The molecule has 15 heavy (non-hydrogen) atoms. The highest BCUT2D eigenvalue weighted by molar-refractivity contribution is 9.09. The first kappa shape index (κ1) is 11.9. The van der Waals surface area contributed by atoms with Gasteiger partial charge in [0.2, 0.25) is 0 Å². The molecule has 0 aromatic heterocycles. The Hall–Kier alpha value is 0.400. The van der Waals surface area contributed by atoms with Crippen molar-refractivity contribution in [2.24, 2.45) is 5.92 Å². The molecule has 0 N–H and O–H groups in total. The lowest BCUT2D eigenvalue weighted by Gasteiger charge is -2.31. The first-order chi connectivity index (χ1) is 7.35. The summed E-state index contributed by atoms with van der Waals surface area (Å²) >= 11 is 3.61. The first-order valence-electron chi connectivity index (χ1n) is 6.12. The molecule has 0 amide bonds. The summed E-state index contributed by atoms with van der Waals surface area (Å²) in [7, 11) is 0. The number of ether oxygens (including phenoxy) is 2. The van der Waals surface area contributed by atoms with Crippen LogP contribution in [0.2, 0.25) is 0 Å². The molecule has 0 radical (unpaired) electrons. The normalized spacial score (nSPS) is 27.0. The van der Waals surface area contributed by atoms with Gasteiger partial charge >= 0.3 is 0 Å². The Kier molecular flexibility index (Phi) is 4.47. The highest BCUT2D eigenvalue weighted by Gasteiger charge is 2.34. The van der Waals surface area contributed by atoms with Gasteiger partial charge in [0.15, 0.2) is 0 Å². The minimum atomic E-state index is 0.165. The molecule has 2 aliphatic rings. The van der Waals surface area contributed by atoms with Gasteiger partial charge in [-0.3, -0.25) is 0 Å². The van der Waals surface area contributed by atoms with Crippen molar-refractivity contribution in [3.63, 3.8) is 0 Å². The van der Waals surface area contributed by atoms with E-state index in [4.69, 9.17) is 9.47 Å². The first-order valence-corrected chi connectivity index (χ1v) is 7.24. The van der Waals surface area contributed by atoms with Crippen molar-refractivity contribution in [1.29, 1.82) is 0 Å². The van der Waals surface area contributed by atoms with Gasteiger partial charge in [0.1, 0.15) is 0 Å². The van der Waals surface area contributed by atoms with Gasteiger partial charge in [-0.1, -0.05) is 28.8 Å². The van der Waals surface area contributed by atoms with Crippen molar-refractivity contribution < 1.29 is 9.47 Å². The van der Waals surface area contributed by atoms with Crippen molar-refractivity contribution in [2.75, 3.05) is 25.2 Å². The van der Waals surface area contributed by atoms with Gasteiger partial charge in [-0.05, 0) is 31.6 Å². The lowest BCUT2D eigenvalue weighted by Crippen LogP contribution is -2.34. The Morgan fingerprint density at radius 2 is 1.87 bits per heavy atom. The van der Waals surface area contributed by atoms with Crippen LogP contribution >= 0.6 is 15.9 Å². The van der Waals surface area contributed by atoms with Gasteiger partial charge in [0, 0.05) is 18.5 Å². The van der Waals surface area contributed by atoms with Gasteiger partial charge in [0.05, 0.1) is 12.2 Å². The summed E-state index contributed by atoms with van der Waals surface area (Å²) in [4.78, 5) is 0. The van der Waals surface area contributed by atoms with Gasteiger partial charge in [-0.15, -0.1) is 0 Å². The Labute approximate surface area is 101 Å². The molecule has 1 aliphatic carbocycles. The summed E-state index contributed by atoms with van der Waals surface area (Å²) in [6, 6.07) is 0. The average molecular weight is 277 g/mol. The predicted octanol–water partition coefficient (Wildman–Crippen LogP) is 3.14. The Morgan fingerprint density at radius 1 is 1.20 bits per heavy atom. The molecule has 88 valence electrons. The molecular weight excluding hydrogens is 256 g/mol. The van der Waals surface area contributed by atoms with Gasteiger partial charge in [-0.25, -0.2) is 0 Å². The highest BCUT2D eigenvalue weighted by atomic mass is 79.9. The third kappa shape index (κ3) is 3.18. The van der Waals surface area contributed by atoms with E-state index in [1.807, 2.05) is 0 Å². The van der Waals surface area contributed by atoms with Crippen LogP contribution in [0.3, 0.4) is 0 Å². The third-order valence-corrected chi connectivity index (χ3v) is 4.75. The van der Waals surface area contributed by atoms with Crippen LogP contribution in [0.1, 0.15) is 38.5 Å². The summed E-state index contributed by atoms with van der Waals surface area (Å²) < 4.78 is 11.5. The number of alkyl halides is 1. The summed E-state index contributed by atoms with van der Waals surface area (Å²) in [6.07, 6.45) is 7.50. The number of halogens is 1. The molecule has 2 rings (SSSR count). The van der Waals surface area contributed by atoms with E-state index >= 15 is 0 Å². The van der Waals surface area contributed by atoms with Crippen molar-refractivity contribution in [3.8, 4) is 0 Å². The Morgan fingerprint density at radius 3 is 2.47 bits per heavy atom. The van der Waals surface area contributed by atoms with E-state index in [9.17, 15) is 0 Å². The Balaban J connectivity index is 1.75. The highest BCUT2D eigenvalue weighted by Crippen LogP contribution is 2.35. The van der Waals surface area contributed by atoms with Crippen molar-refractivity contribution in [3.05, 3.63) is 0 Å². The maximum atomic E-state index is 6.18. The maximum Gasteiger partial charge on any atom is 0.0779 e. The van der Waals surface area contributed by atoms with Gasteiger partial charge < -0.3 is 9.47 Å². The van der Waals surface area contributed by atoms with E-state index in [-0.39, 0.29) is 5.60 Å². The van der Waals surface area contributed by atoms with Gasteiger partial charge in [0.25, 0.3) is 0 Å². The van der Waals surface area contributed by atoms with Crippen molar-refractivity contribution >= 4 is 15.9 Å². The second-order valence-electron chi connectivity index (χ2n) is 4.89. The molecule has 1 saturated heterocycles. The molecule has 1 saturated carbocycles. The van der Waals surface area contributed by atoms with Crippen LogP contribution in [-0.2, 0) is 9.47 Å². The molecule has 0 atom stereocenters. The fraction of sp³-hybridized carbons (Fsp3) is 1.00. The second-order valence-corrected chi connectivity index (χ2v) is 5.45. The standard InChI is InChI=1S/C12H21BrO2/c13-10-12(5-1-2-6-12)15-9-11-3-7-14-8-4-11/h11H,1-10H2. The molecule has 0 aromatic carbocycles. The van der Waals surface area contributed by atoms with Crippen LogP contribution in [0.15, 0.2) is 0 Å². The zero-order valence-electron chi connectivity index (χ0n) is 9.34. The van der Waals surface area contributed by atoms with E-state index in [1.54, 1.807) is 0 Å². The van der Waals surface area contributed by atoms with Crippen LogP contribution in [0.4, 0.5) is 0 Å². The van der Waals surface area contributed by atoms with E-state index < -0.39 is 0 Å². The molecule has 2 nitrogen and oxygen atoms in total. The van der Waals surface area contributed by atoms with E-state index in [0.29, 0.717) is 0 Å². The summed E-state index contributed by atoms with van der Waals surface area (Å²) in [5.74, 6) is 0.732. The van der Waals surface area contributed by atoms with E-state index in [1.165, 1.54) is 38.5 Å². The van der Waals surface area contributed by atoms with Crippen molar-refractivity contribution in [1.82, 2.24) is 0 Å². The molecule has 0 spiro atoms. The third-order valence-electron chi connectivity index (χ3n) is 3.72. The zero-order valence-corrected chi connectivity index (χ0v) is 10.9. The molecule has 1 heterocycles. The minimum Gasteiger partial charge on any atom is -0.381 e. The molecule has 0 unspecified atom stereocenters. The number of hydrogen-bond acceptors (Lipinski definition) is 2. The topological polar surface area (TPSA) is 18.5 Å². The molecule has 1 aliphatic heterocycles. The Bertz CT molecular complexity index is 184. The van der Waals surface area contributed by atoms with Crippen LogP contribution in [-0.4, -0.2) is 30.8 Å². The summed E-state index contributed by atoms with van der Waals surface area (Å²) in [5.41, 5.74) is 0.165. The van der Waals surface area contributed by atoms with Crippen LogP contribution in [0, 0.1) is 5.92 Å². The van der Waals surface area contributed by atoms with Crippen LogP contribution < -0.4 is 0 Å². The molecule has 0 aromatic rings. The number of rotatable bonds is 4. The smallest absolute Gasteiger partial charge is 0.0779 e. The SMILES string of the molecule is BrCC1(OCC2CCOCC2)CCCC1. The summed E-state index contributed by atoms with van der Waals surface area (Å²) in [6.45, 7) is 2.79. The largest absolute Gasteiger partial charge is 0.381 e. The molecular formula is C12H21BrO2. The van der Waals surface area contributed by atoms with E-state index in [0.717, 1.165) is 31.1 Å². The molecule has 0 bridgehead atoms. The molecule has 3 heteroatoms. The van der Waals surface area contributed by atoms with Crippen LogP contribution in [0.25, 0.3) is 0 Å². The van der Waals surface area contributed by atoms with E-state index in [2.05, 4.69) is 15.9 Å². The van der Waals surface area contributed by atoms with Gasteiger partial charge in [-0.2, -0.15) is 0 Å². The zero-order chi connectivity index (χ0) is 10.6. The monoisotopic (exact) mass is 276 g/mol. The second kappa shape index (κ2) is 5.65. The maximum absolute atomic E-state index is 6.18.